The Morgan fingerprint density at radius 3 is 2.42 bits per heavy atom. The molecule has 0 saturated heterocycles. The van der Waals surface area contributed by atoms with Crippen molar-refractivity contribution in [1.29, 1.82) is 0 Å². The van der Waals surface area contributed by atoms with Gasteiger partial charge < -0.3 is 14.8 Å². The molecule has 1 aromatic rings. The molecule has 0 bridgehead atoms. The minimum absolute atomic E-state index is 0.0570. The first-order valence-corrected chi connectivity index (χ1v) is 7.16. The van der Waals surface area contributed by atoms with Crippen LogP contribution in [0.3, 0.4) is 0 Å². The number of carbonyl (C=O) groups is 1. The Morgan fingerprint density at radius 1 is 1.21 bits per heavy atom. The Morgan fingerprint density at radius 2 is 1.84 bits per heavy atom. The van der Waals surface area contributed by atoms with E-state index in [1.807, 2.05) is 0 Å². The van der Waals surface area contributed by atoms with Crippen molar-refractivity contribution in [3.63, 3.8) is 0 Å². The Kier molecular flexibility index (Phi) is 7.70. The summed E-state index contributed by atoms with van der Waals surface area (Å²) in [4.78, 5) is 14.4. The van der Waals surface area contributed by atoms with Gasteiger partial charge in [0.05, 0.1) is 0 Å². The van der Waals surface area contributed by atoms with Gasteiger partial charge in [-0.05, 0) is 6.42 Å². The van der Waals surface area contributed by atoms with Crippen molar-refractivity contribution in [2.24, 2.45) is 0 Å². The second-order valence-corrected chi connectivity index (χ2v) is 4.74. The van der Waals surface area contributed by atoms with E-state index in [-0.39, 0.29) is 5.69 Å². The Labute approximate surface area is 114 Å². The van der Waals surface area contributed by atoms with Gasteiger partial charge in [0.1, 0.15) is 6.26 Å². The number of carboxylic acid groups (broad SMARTS) is 1. The van der Waals surface area contributed by atoms with E-state index in [0.717, 1.165) is 19.2 Å². The van der Waals surface area contributed by atoms with Crippen LogP contribution in [0.5, 0.6) is 0 Å². The fraction of sp³-hybridized carbons (Fsp3) is 0.714. The number of aromatic carboxylic acids is 1. The molecule has 1 rings (SSSR count). The molecule has 5 heteroatoms. The highest BCUT2D eigenvalue weighted by Crippen LogP contribution is 2.10. The van der Waals surface area contributed by atoms with Gasteiger partial charge in [-0.25, -0.2) is 4.79 Å². The molecule has 0 aliphatic rings. The van der Waals surface area contributed by atoms with Gasteiger partial charge in [-0.3, -0.25) is 0 Å². The van der Waals surface area contributed by atoms with Crippen LogP contribution in [0.1, 0.15) is 68.8 Å². The number of oxazole rings is 1. The van der Waals surface area contributed by atoms with Crippen molar-refractivity contribution in [1.82, 2.24) is 4.98 Å². The molecule has 19 heavy (non-hydrogen) atoms. The number of nitrogens with one attached hydrogen (secondary N) is 1. The molecule has 1 aromatic heterocycles. The van der Waals surface area contributed by atoms with Crippen molar-refractivity contribution >= 4 is 12.0 Å². The second kappa shape index (κ2) is 9.42. The lowest BCUT2D eigenvalue weighted by molar-refractivity contribution is 0.0690. The molecule has 0 aliphatic carbocycles. The number of rotatable bonds is 11. The molecule has 0 aromatic carbocycles. The van der Waals surface area contributed by atoms with Gasteiger partial charge in [-0.2, -0.15) is 4.98 Å². The summed E-state index contributed by atoms with van der Waals surface area (Å²) in [5, 5.41) is 11.7. The summed E-state index contributed by atoms with van der Waals surface area (Å²) in [6, 6.07) is 0.292. The molecule has 0 atom stereocenters. The zero-order chi connectivity index (χ0) is 13.9. The highest BCUT2D eigenvalue weighted by molar-refractivity contribution is 5.85. The lowest BCUT2D eigenvalue weighted by atomic mass is 10.1. The lowest BCUT2D eigenvalue weighted by Gasteiger charge is -2.02. The number of nitrogens with zero attached hydrogens (tertiary/aromatic N) is 1. The van der Waals surface area contributed by atoms with E-state index in [1.54, 1.807) is 0 Å². The summed E-state index contributed by atoms with van der Waals surface area (Å²) in [5.74, 6) is -1.07. The van der Waals surface area contributed by atoms with Gasteiger partial charge >= 0.3 is 5.97 Å². The highest BCUT2D eigenvalue weighted by atomic mass is 16.4. The summed E-state index contributed by atoms with van der Waals surface area (Å²) < 4.78 is 4.99. The summed E-state index contributed by atoms with van der Waals surface area (Å²) in [5.41, 5.74) is -0.0570. The fourth-order valence-electron chi connectivity index (χ4n) is 1.91. The van der Waals surface area contributed by atoms with E-state index < -0.39 is 5.97 Å². The van der Waals surface area contributed by atoms with Crippen molar-refractivity contribution < 1.29 is 14.3 Å². The van der Waals surface area contributed by atoms with Gasteiger partial charge in [0, 0.05) is 6.54 Å². The van der Waals surface area contributed by atoms with Crippen molar-refractivity contribution in [3.8, 4) is 0 Å². The minimum atomic E-state index is -1.07. The second-order valence-electron chi connectivity index (χ2n) is 4.74. The van der Waals surface area contributed by atoms with Crippen LogP contribution in [-0.2, 0) is 0 Å². The maximum absolute atomic E-state index is 10.6. The van der Waals surface area contributed by atoms with E-state index in [0.29, 0.717) is 6.01 Å². The minimum Gasteiger partial charge on any atom is -0.476 e. The predicted octanol–water partition coefficient (Wildman–Crippen LogP) is 3.93. The topological polar surface area (TPSA) is 75.4 Å². The van der Waals surface area contributed by atoms with E-state index in [2.05, 4.69) is 17.2 Å². The van der Waals surface area contributed by atoms with Crippen LogP contribution in [0.25, 0.3) is 0 Å². The molecule has 0 saturated carbocycles. The van der Waals surface area contributed by atoms with E-state index >= 15 is 0 Å². The molecule has 108 valence electrons. The normalized spacial score (nSPS) is 10.6. The van der Waals surface area contributed by atoms with Crippen LogP contribution in [0, 0.1) is 0 Å². The van der Waals surface area contributed by atoms with Crippen LogP contribution >= 0.6 is 0 Å². The Hall–Kier alpha value is -1.52. The average Bonchev–Trinajstić information content (AvgIpc) is 2.86. The Balaban J connectivity index is 1.97. The van der Waals surface area contributed by atoms with Gasteiger partial charge in [0.25, 0.3) is 6.01 Å². The zero-order valence-electron chi connectivity index (χ0n) is 11.7. The molecule has 5 nitrogen and oxygen atoms in total. The van der Waals surface area contributed by atoms with Crippen molar-refractivity contribution in [2.45, 2.75) is 58.3 Å². The first kappa shape index (κ1) is 15.5. The third kappa shape index (κ3) is 6.84. The summed E-state index contributed by atoms with van der Waals surface area (Å²) in [6.07, 6.45) is 11.3. The molecule has 0 unspecified atom stereocenters. The smallest absolute Gasteiger partial charge is 0.357 e. The number of hydrogen-bond donors (Lipinski definition) is 2. The largest absolute Gasteiger partial charge is 0.476 e. The summed E-state index contributed by atoms with van der Waals surface area (Å²) in [7, 11) is 0. The van der Waals surface area contributed by atoms with Gasteiger partial charge in [0.15, 0.2) is 5.69 Å². The first-order valence-electron chi connectivity index (χ1n) is 7.16. The first-order chi connectivity index (χ1) is 9.24. The molecule has 0 radical (unpaired) electrons. The maximum atomic E-state index is 10.6. The molecule has 0 aliphatic heterocycles. The van der Waals surface area contributed by atoms with Gasteiger partial charge in [-0.1, -0.05) is 51.9 Å². The summed E-state index contributed by atoms with van der Waals surface area (Å²) in [6.45, 7) is 3.00. The van der Waals surface area contributed by atoms with Crippen LogP contribution in [-0.4, -0.2) is 22.6 Å². The van der Waals surface area contributed by atoms with Crippen LogP contribution in [0.4, 0.5) is 6.01 Å². The zero-order valence-corrected chi connectivity index (χ0v) is 11.7. The number of aromatic nitrogens is 1. The van der Waals surface area contributed by atoms with Crippen LogP contribution < -0.4 is 5.32 Å². The summed E-state index contributed by atoms with van der Waals surface area (Å²) >= 11 is 0. The van der Waals surface area contributed by atoms with Crippen molar-refractivity contribution in [3.05, 3.63) is 12.0 Å². The number of anilines is 1. The lowest BCUT2D eigenvalue weighted by Crippen LogP contribution is -2.03. The molecule has 0 amide bonds. The quantitative estimate of drug-likeness (QED) is 0.595. The van der Waals surface area contributed by atoms with Gasteiger partial charge in [-0.15, -0.1) is 0 Å². The average molecular weight is 268 g/mol. The molecular formula is C14H24N2O3. The van der Waals surface area contributed by atoms with Gasteiger partial charge in [0.2, 0.25) is 0 Å². The predicted molar refractivity (Wildman–Crippen MR) is 74.6 cm³/mol. The molecule has 1 heterocycles. The molecule has 0 fully saturated rings. The monoisotopic (exact) mass is 268 g/mol. The standard InChI is InChI=1S/C14H24N2O3/c1-2-3-4-5-6-7-8-9-10-15-14-16-12(11-19-14)13(17)18/h11H,2-10H2,1H3,(H,15,16)(H,17,18). The molecule has 0 spiro atoms. The number of hydrogen-bond acceptors (Lipinski definition) is 4. The van der Waals surface area contributed by atoms with E-state index in [1.165, 1.54) is 44.9 Å². The number of unbranched alkanes of at least 4 members (excludes halogenated alkanes) is 7. The maximum Gasteiger partial charge on any atom is 0.357 e. The van der Waals surface area contributed by atoms with Crippen LogP contribution in [0.2, 0.25) is 0 Å². The van der Waals surface area contributed by atoms with E-state index in [9.17, 15) is 4.79 Å². The SMILES string of the molecule is CCCCCCCCCCNc1nc(C(=O)O)co1. The number of carboxylic acids is 1. The molecule has 2 N–H and O–H groups in total. The van der Waals surface area contributed by atoms with E-state index in [4.69, 9.17) is 9.52 Å². The Bertz CT molecular complexity index is 363. The third-order valence-electron chi connectivity index (χ3n) is 3.03. The highest BCUT2D eigenvalue weighted by Gasteiger charge is 2.09. The fourth-order valence-corrected chi connectivity index (χ4v) is 1.91. The van der Waals surface area contributed by atoms with Crippen LogP contribution in [0.15, 0.2) is 10.7 Å². The molecular weight excluding hydrogens is 244 g/mol. The third-order valence-corrected chi connectivity index (χ3v) is 3.03. The van der Waals surface area contributed by atoms with Crippen molar-refractivity contribution in [2.75, 3.05) is 11.9 Å².